The number of nitrogens with one attached hydrogen (secondary N) is 1. The lowest BCUT2D eigenvalue weighted by Crippen LogP contribution is -2.30. The molecule has 0 bridgehead atoms. The molecule has 0 aliphatic carbocycles. The van der Waals surface area contributed by atoms with Crippen LogP contribution in [-0.2, 0) is 11.3 Å². The van der Waals surface area contributed by atoms with E-state index in [1.807, 2.05) is 71.4 Å². The molecule has 1 heterocycles. The lowest BCUT2D eigenvalue weighted by molar-refractivity contribution is -0.132. The summed E-state index contributed by atoms with van der Waals surface area (Å²) in [6, 6.07) is 19.6. The SMILES string of the molecule is CN(Cc1ccsc1)C(=O)COc1ccc(Nc2ccccc2)cc1. The number of carbonyl (C=O) groups excluding carboxylic acids is 1. The minimum absolute atomic E-state index is 0.0338. The maximum absolute atomic E-state index is 12.1. The first-order chi connectivity index (χ1) is 12.2. The minimum atomic E-state index is -0.0438. The summed E-state index contributed by atoms with van der Waals surface area (Å²) in [6.45, 7) is 0.637. The Morgan fingerprint density at radius 2 is 1.76 bits per heavy atom. The Morgan fingerprint density at radius 1 is 1.04 bits per heavy atom. The highest BCUT2D eigenvalue weighted by molar-refractivity contribution is 7.07. The summed E-state index contributed by atoms with van der Waals surface area (Å²) in [6.07, 6.45) is 0. The zero-order valence-corrected chi connectivity index (χ0v) is 14.8. The number of para-hydroxylation sites is 1. The van der Waals surface area contributed by atoms with Crippen LogP contribution in [0.5, 0.6) is 5.75 Å². The Balaban J connectivity index is 1.49. The molecular formula is C20H20N2O2S. The van der Waals surface area contributed by atoms with Gasteiger partial charge < -0.3 is 15.0 Å². The van der Waals surface area contributed by atoms with Gasteiger partial charge in [-0.25, -0.2) is 0 Å². The molecule has 1 aromatic heterocycles. The number of nitrogens with zero attached hydrogens (tertiary/aromatic N) is 1. The number of amides is 1. The van der Waals surface area contributed by atoms with Crippen LogP contribution < -0.4 is 10.1 Å². The van der Waals surface area contributed by atoms with Crippen molar-refractivity contribution < 1.29 is 9.53 Å². The minimum Gasteiger partial charge on any atom is -0.484 e. The molecule has 2 aromatic carbocycles. The molecule has 3 aromatic rings. The Bertz CT molecular complexity index is 786. The molecule has 0 atom stereocenters. The van der Waals surface area contributed by atoms with E-state index in [1.54, 1.807) is 23.3 Å². The van der Waals surface area contributed by atoms with Gasteiger partial charge in [-0.05, 0) is 58.8 Å². The smallest absolute Gasteiger partial charge is 0.260 e. The van der Waals surface area contributed by atoms with Gasteiger partial charge in [-0.3, -0.25) is 4.79 Å². The number of rotatable bonds is 7. The van der Waals surface area contributed by atoms with Crippen molar-refractivity contribution in [2.24, 2.45) is 0 Å². The second-order valence-corrected chi connectivity index (χ2v) is 6.47. The number of hydrogen-bond acceptors (Lipinski definition) is 4. The van der Waals surface area contributed by atoms with Crippen molar-refractivity contribution in [1.29, 1.82) is 0 Å². The lowest BCUT2D eigenvalue weighted by atomic mass is 10.2. The van der Waals surface area contributed by atoms with E-state index in [2.05, 4.69) is 5.32 Å². The second kappa shape index (κ2) is 8.35. The molecule has 1 N–H and O–H groups in total. The normalized spacial score (nSPS) is 10.3. The number of thiophene rings is 1. The first-order valence-electron chi connectivity index (χ1n) is 8.01. The largest absolute Gasteiger partial charge is 0.484 e. The molecule has 1 amide bonds. The van der Waals surface area contributed by atoms with Crippen molar-refractivity contribution in [3.8, 4) is 5.75 Å². The molecule has 0 aliphatic rings. The molecule has 4 nitrogen and oxygen atoms in total. The van der Waals surface area contributed by atoms with Gasteiger partial charge in [0.25, 0.3) is 5.91 Å². The van der Waals surface area contributed by atoms with Crippen LogP contribution in [0.1, 0.15) is 5.56 Å². The molecule has 3 rings (SSSR count). The molecule has 5 heteroatoms. The van der Waals surface area contributed by atoms with Gasteiger partial charge in [-0.2, -0.15) is 11.3 Å². The van der Waals surface area contributed by atoms with Crippen LogP contribution in [0.3, 0.4) is 0 Å². The summed E-state index contributed by atoms with van der Waals surface area (Å²) in [4.78, 5) is 13.8. The molecule has 0 aliphatic heterocycles. The molecule has 0 saturated heterocycles. The van der Waals surface area contributed by atoms with Crippen molar-refractivity contribution in [1.82, 2.24) is 4.90 Å². The highest BCUT2D eigenvalue weighted by Crippen LogP contribution is 2.20. The van der Waals surface area contributed by atoms with Crippen molar-refractivity contribution in [2.45, 2.75) is 6.54 Å². The van der Waals surface area contributed by atoms with Crippen LogP contribution in [0.2, 0.25) is 0 Å². The lowest BCUT2D eigenvalue weighted by Gasteiger charge is -2.17. The van der Waals surface area contributed by atoms with E-state index in [4.69, 9.17) is 4.74 Å². The molecular weight excluding hydrogens is 332 g/mol. The van der Waals surface area contributed by atoms with Gasteiger partial charge in [0.1, 0.15) is 5.75 Å². The van der Waals surface area contributed by atoms with E-state index in [-0.39, 0.29) is 12.5 Å². The maximum atomic E-state index is 12.1. The van der Waals surface area contributed by atoms with Crippen molar-refractivity contribution in [3.63, 3.8) is 0 Å². The highest BCUT2D eigenvalue weighted by Gasteiger charge is 2.10. The Hall–Kier alpha value is -2.79. The van der Waals surface area contributed by atoms with Gasteiger partial charge in [0.15, 0.2) is 6.61 Å². The molecule has 0 fully saturated rings. The molecule has 0 saturated carbocycles. The standard InChI is InChI=1S/C20H20N2O2S/c1-22(13-16-11-12-25-15-16)20(23)14-24-19-9-7-18(8-10-19)21-17-5-3-2-4-6-17/h2-12,15,21H,13-14H2,1H3. The third-order valence-electron chi connectivity index (χ3n) is 3.70. The van der Waals surface area contributed by atoms with Crippen molar-refractivity contribution >= 4 is 28.6 Å². The number of hydrogen-bond donors (Lipinski definition) is 1. The van der Waals surface area contributed by atoms with Crippen molar-refractivity contribution in [3.05, 3.63) is 77.0 Å². The van der Waals surface area contributed by atoms with E-state index >= 15 is 0 Å². The molecule has 25 heavy (non-hydrogen) atoms. The Kier molecular flexibility index (Phi) is 5.69. The monoisotopic (exact) mass is 352 g/mol. The summed E-state index contributed by atoms with van der Waals surface area (Å²) >= 11 is 1.63. The second-order valence-electron chi connectivity index (χ2n) is 5.69. The van der Waals surface area contributed by atoms with Gasteiger partial charge >= 0.3 is 0 Å². The summed E-state index contributed by atoms with van der Waals surface area (Å²) in [5.41, 5.74) is 3.14. The molecule has 128 valence electrons. The van der Waals surface area contributed by atoms with E-state index in [0.29, 0.717) is 12.3 Å². The van der Waals surface area contributed by atoms with Crippen LogP contribution >= 0.6 is 11.3 Å². The number of ether oxygens (including phenoxy) is 1. The average molecular weight is 352 g/mol. The van der Waals surface area contributed by atoms with E-state index in [1.165, 1.54) is 0 Å². The summed E-state index contributed by atoms with van der Waals surface area (Å²) in [5.74, 6) is 0.633. The first kappa shape index (κ1) is 17.0. The predicted octanol–water partition coefficient (Wildman–Crippen LogP) is 4.53. The molecule has 0 spiro atoms. The van der Waals surface area contributed by atoms with Crippen LogP contribution in [0, 0.1) is 0 Å². The summed E-state index contributed by atoms with van der Waals surface area (Å²) in [5, 5.41) is 7.36. The third kappa shape index (κ3) is 5.09. The fourth-order valence-corrected chi connectivity index (χ4v) is 2.98. The fourth-order valence-electron chi connectivity index (χ4n) is 2.32. The van der Waals surface area contributed by atoms with Crippen LogP contribution in [0.25, 0.3) is 0 Å². The van der Waals surface area contributed by atoms with E-state index in [9.17, 15) is 4.79 Å². The number of likely N-dealkylation sites (N-methyl/N-ethyl adjacent to an activating group) is 1. The van der Waals surface area contributed by atoms with Gasteiger partial charge in [-0.1, -0.05) is 18.2 Å². The third-order valence-corrected chi connectivity index (χ3v) is 4.44. The van der Waals surface area contributed by atoms with Gasteiger partial charge in [-0.15, -0.1) is 0 Å². The quantitative estimate of drug-likeness (QED) is 0.679. The first-order valence-corrected chi connectivity index (χ1v) is 8.95. The molecule has 0 unspecified atom stereocenters. The number of benzene rings is 2. The van der Waals surface area contributed by atoms with E-state index < -0.39 is 0 Å². The fraction of sp³-hybridized carbons (Fsp3) is 0.150. The van der Waals surface area contributed by atoms with Crippen LogP contribution in [-0.4, -0.2) is 24.5 Å². The van der Waals surface area contributed by atoms with Crippen LogP contribution in [0.15, 0.2) is 71.4 Å². The predicted molar refractivity (Wildman–Crippen MR) is 102 cm³/mol. The Morgan fingerprint density at radius 3 is 2.44 bits per heavy atom. The van der Waals surface area contributed by atoms with Gasteiger partial charge in [0, 0.05) is 25.0 Å². The Labute approximate surface area is 151 Å². The number of anilines is 2. The summed E-state index contributed by atoms with van der Waals surface area (Å²) in [7, 11) is 1.79. The maximum Gasteiger partial charge on any atom is 0.260 e. The topological polar surface area (TPSA) is 41.6 Å². The highest BCUT2D eigenvalue weighted by atomic mass is 32.1. The summed E-state index contributed by atoms with van der Waals surface area (Å²) < 4.78 is 5.60. The zero-order valence-electron chi connectivity index (χ0n) is 14.0. The van der Waals surface area contributed by atoms with Gasteiger partial charge in [0.2, 0.25) is 0 Å². The van der Waals surface area contributed by atoms with Crippen LogP contribution in [0.4, 0.5) is 11.4 Å². The molecule has 0 radical (unpaired) electrons. The van der Waals surface area contributed by atoms with Gasteiger partial charge in [0.05, 0.1) is 0 Å². The average Bonchev–Trinajstić information content (AvgIpc) is 3.14. The van der Waals surface area contributed by atoms with Crippen molar-refractivity contribution in [2.75, 3.05) is 19.0 Å². The van der Waals surface area contributed by atoms with E-state index in [0.717, 1.165) is 16.9 Å². The zero-order chi connectivity index (χ0) is 17.5. The number of carbonyl (C=O) groups is 1.